The van der Waals surface area contributed by atoms with Gasteiger partial charge in [-0.25, -0.2) is 8.42 Å². The third-order valence-corrected chi connectivity index (χ3v) is 8.15. The molecule has 8 heteroatoms. The number of carbonyl (C=O) groups is 1. The van der Waals surface area contributed by atoms with Crippen LogP contribution in [0.15, 0.2) is 52.4 Å². The van der Waals surface area contributed by atoms with E-state index >= 15 is 0 Å². The van der Waals surface area contributed by atoms with E-state index in [0.717, 1.165) is 16.6 Å². The molecule has 0 saturated heterocycles. The van der Waals surface area contributed by atoms with Crippen molar-refractivity contribution in [1.82, 2.24) is 8.87 Å². The molecule has 0 aliphatic carbocycles. The minimum atomic E-state index is -3.57. The van der Waals surface area contributed by atoms with Gasteiger partial charge in [-0.1, -0.05) is 44.1 Å². The fraction of sp³-hybridized carbons (Fsp3) is 0.304. The van der Waals surface area contributed by atoms with Gasteiger partial charge in [0.2, 0.25) is 10.0 Å². The highest BCUT2D eigenvalue weighted by atomic mass is 32.2. The van der Waals surface area contributed by atoms with Gasteiger partial charge in [-0.15, -0.1) is 6.42 Å². The van der Waals surface area contributed by atoms with E-state index < -0.39 is 15.9 Å². The van der Waals surface area contributed by atoms with Crippen LogP contribution in [0.5, 0.6) is 0 Å². The fourth-order valence-electron chi connectivity index (χ4n) is 3.30. The maximum atomic E-state index is 12.8. The number of aromatic nitrogens is 1. The molecule has 0 aliphatic heterocycles. The van der Waals surface area contributed by atoms with Gasteiger partial charge in [0.25, 0.3) is 5.91 Å². The van der Waals surface area contributed by atoms with E-state index in [4.69, 9.17) is 6.42 Å². The van der Waals surface area contributed by atoms with Gasteiger partial charge in [-0.05, 0) is 48.4 Å². The van der Waals surface area contributed by atoms with E-state index in [-0.39, 0.29) is 4.90 Å². The molecule has 0 aliphatic rings. The first kappa shape index (κ1) is 22.9. The summed E-state index contributed by atoms with van der Waals surface area (Å²) in [5.74, 6) is 2.17. The van der Waals surface area contributed by atoms with Crippen molar-refractivity contribution in [3.63, 3.8) is 0 Å². The molecule has 0 N–H and O–H groups in total. The number of nitrogens with zero attached hydrogens (tertiary/aromatic N) is 3. The van der Waals surface area contributed by atoms with Crippen LogP contribution in [0.1, 0.15) is 36.7 Å². The number of carbonyl (C=O) groups excluding carboxylic acids is 1. The Morgan fingerprint density at radius 1 is 1.13 bits per heavy atom. The molecule has 0 atom stereocenters. The largest absolute Gasteiger partial charge is 0.305 e. The summed E-state index contributed by atoms with van der Waals surface area (Å²) in [5.41, 5.74) is 2.45. The first-order valence-corrected chi connectivity index (χ1v) is 12.4. The smallest absolute Gasteiger partial charge is 0.279 e. The van der Waals surface area contributed by atoms with Crippen molar-refractivity contribution in [3.05, 3.63) is 58.4 Å². The van der Waals surface area contributed by atoms with Crippen LogP contribution >= 0.6 is 11.3 Å². The average Bonchev–Trinajstić information content (AvgIpc) is 3.10. The molecule has 1 heterocycles. The molecular weight excluding hydrogens is 430 g/mol. The van der Waals surface area contributed by atoms with Gasteiger partial charge in [0, 0.05) is 18.7 Å². The Bertz CT molecular complexity index is 1310. The number of sulfonamides is 1. The number of benzene rings is 2. The van der Waals surface area contributed by atoms with Crippen LogP contribution in [0, 0.1) is 12.3 Å². The number of rotatable bonds is 7. The summed E-state index contributed by atoms with van der Waals surface area (Å²) in [5, 5.41) is 0. The lowest BCUT2D eigenvalue weighted by Crippen LogP contribution is -2.30. The minimum Gasteiger partial charge on any atom is -0.305 e. The zero-order valence-corrected chi connectivity index (χ0v) is 19.5. The first-order chi connectivity index (χ1) is 14.8. The maximum Gasteiger partial charge on any atom is 0.279 e. The molecule has 162 valence electrons. The molecule has 3 aromatic rings. The zero-order valence-electron chi connectivity index (χ0n) is 17.8. The van der Waals surface area contributed by atoms with Crippen molar-refractivity contribution in [2.75, 3.05) is 13.1 Å². The highest BCUT2D eigenvalue weighted by Gasteiger charge is 2.21. The molecule has 0 spiro atoms. The van der Waals surface area contributed by atoms with E-state index in [1.807, 2.05) is 16.7 Å². The van der Waals surface area contributed by atoms with Crippen LogP contribution in [0.3, 0.4) is 0 Å². The number of hydrogen-bond donors (Lipinski definition) is 0. The van der Waals surface area contributed by atoms with Crippen LogP contribution in [0.2, 0.25) is 0 Å². The van der Waals surface area contributed by atoms with Crippen molar-refractivity contribution in [2.24, 2.45) is 4.99 Å². The standard InChI is InChI=1S/C23H25N3O3S2/c1-5-15-26-20-14-9-17(6-2)16-21(20)30-23(26)24-22(27)18-10-12-19(13-11-18)31(28,29)25(7-3)8-4/h1,9-14,16H,6-8,15H2,2-4H3. The highest BCUT2D eigenvalue weighted by molar-refractivity contribution is 7.89. The van der Waals surface area contributed by atoms with Crippen LogP contribution < -0.4 is 4.80 Å². The molecule has 1 amide bonds. The minimum absolute atomic E-state index is 0.157. The van der Waals surface area contributed by atoms with Gasteiger partial charge in [-0.2, -0.15) is 9.30 Å². The Morgan fingerprint density at radius 3 is 2.39 bits per heavy atom. The Hall–Kier alpha value is -2.73. The molecule has 0 unspecified atom stereocenters. The third-order valence-electron chi connectivity index (χ3n) is 5.05. The second-order valence-electron chi connectivity index (χ2n) is 6.86. The summed E-state index contributed by atoms with van der Waals surface area (Å²) in [4.78, 5) is 17.8. The van der Waals surface area contributed by atoms with Gasteiger partial charge < -0.3 is 4.57 Å². The molecular formula is C23H25N3O3S2. The quantitative estimate of drug-likeness (QED) is 0.511. The van der Waals surface area contributed by atoms with Crippen LogP contribution in [0.25, 0.3) is 10.2 Å². The summed E-state index contributed by atoms with van der Waals surface area (Å²) in [6.45, 7) is 6.74. The number of hydrogen-bond acceptors (Lipinski definition) is 4. The molecule has 6 nitrogen and oxygen atoms in total. The fourth-order valence-corrected chi connectivity index (χ4v) is 5.85. The number of amides is 1. The maximum absolute atomic E-state index is 12.8. The van der Waals surface area contributed by atoms with Gasteiger partial charge in [0.05, 0.1) is 21.7 Å². The molecule has 0 fully saturated rings. The second kappa shape index (κ2) is 9.60. The van der Waals surface area contributed by atoms with Gasteiger partial charge >= 0.3 is 0 Å². The SMILES string of the molecule is C#CCn1c(=NC(=O)c2ccc(S(=O)(=O)N(CC)CC)cc2)sc2cc(CC)ccc21. The van der Waals surface area contributed by atoms with Gasteiger partial charge in [-0.3, -0.25) is 4.79 Å². The summed E-state index contributed by atoms with van der Waals surface area (Å²) in [6.07, 6.45) is 6.44. The zero-order chi connectivity index (χ0) is 22.6. The molecule has 1 aromatic heterocycles. The van der Waals surface area contributed by atoms with Crippen molar-refractivity contribution in [2.45, 2.75) is 38.6 Å². The van der Waals surface area contributed by atoms with Crippen molar-refractivity contribution in [1.29, 1.82) is 0 Å². The number of aryl methyl sites for hydroxylation is 1. The van der Waals surface area contributed by atoms with E-state index in [9.17, 15) is 13.2 Å². The van der Waals surface area contributed by atoms with E-state index in [0.29, 0.717) is 30.0 Å². The third kappa shape index (κ3) is 4.64. The molecule has 31 heavy (non-hydrogen) atoms. The predicted molar refractivity (Wildman–Crippen MR) is 124 cm³/mol. The van der Waals surface area contributed by atoms with E-state index in [1.54, 1.807) is 13.8 Å². The molecule has 0 bridgehead atoms. The van der Waals surface area contributed by atoms with E-state index in [2.05, 4.69) is 23.9 Å². The van der Waals surface area contributed by atoms with Gasteiger partial charge in [0.1, 0.15) is 0 Å². The normalized spacial score (nSPS) is 12.4. The molecule has 0 saturated carbocycles. The molecule has 3 rings (SSSR count). The average molecular weight is 456 g/mol. The summed E-state index contributed by atoms with van der Waals surface area (Å²) < 4.78 is 29.5. The Labute approximate surface area is 186 Å². The van der Waals surface area contributed by atoms with Crippen LogP contribution in [0.4, 0.5) is 0 Å². The lowest BCUT2D eigenvalue weighted by molar-refractivity contribution is 0.0998. The summed E-state index contributed by atoms with van der Waals surface area (Å²) in [6, 6.07) is 12.0. The second-order valence-corrected chi connectivity index (χ2v) is 9.81. The lowest BCUT2D eigenvalue weighted by atomic mass is 10.2. The van der Waals surface area contributed by atoms with E-state index in [1.165, 1.54) is 45.5 Å². The topological polar surface area (TPSA) is 71.7 Å². The summed E-state index contributed by atoms with van der Waals surface area (Å²) >= 11 is 1.41. The van der Waals surface area contributed by atoms with Crippen molar-refractivity contribution >= 4 is 37.5 Å². The number of terminal acetylenes is 1. The predicted octanol–water partition coefficient (Wildman–Crippen LogP) is 3.67. The molecule has 2 aromatic carbocycles. The lowest BCUT2D eigenvalue weighted by Gasteiger charge is -2.18. The number of fused-ring (bicyclic) bond motifs is 1. The van der Waals surface area contributed by atoms with Crippen LogP contribution in [-0.2, 0) is 23.0 Å². The Kier molecular flexibility index (Phi) is 7.11. The highest BCUT2D eigenvalue weighted by Crippen LogP contribution is 2.20. The molecule has 0 radical (unpaired) electrons. The first-order valence-electron chi connectivity index (χ1n) is 10.1. The van der Waals surface area contributed by atoms with Crippen LogP contribution in [-0.4, -0.2) is 36.3 Å². The number of thiazole rings is 1. The van der Waals surface area contributed by atoms with Crippen molar-refractivity contribution in [3.8, 4) is 12.3 Å². The Morgan fingerprint density at radius 2 is 1.81 bits per heavy atom. The monoisotopic (exact) mass is 455 g/mol. The summed E-state index contributed by atoms with van der Waals surface area (Å²) in [7, 11) is -3.57. The van der Waals surface area contributed by atoms with Gasteiger partial charge in [0.15, 0.2) is 4.80 Å². The Balaban J connectivity index is 2.00. The van der Waals surface area contributed by atoms with Crippen molar-refractivity contribution < 1.29 is 13.2 Å².